The molecule has 19 heteroatoms. The van der Waals surface area contributed by atoms with E-state index < -0.39 is 97.5 Å². The molecule has 0 aliphatic rings. The number of ether oxygens (including phenoxy) is 4. The number of rotatable bonds is 72. The Kier molecular flexibility index (Phi) is 63.7. The average molecular weight is 1350 g/mol. The maximum Gasteiger partial charge on any atom is 0.472 e. The fourth-order valence-corrected chi connectivity index (χ4v) is 12.7. The van der Waals surface area contributed by atoms with Crippen molar-refractivity contribution >= 4 is 39.5 Å². The summed E-state index contributed by atoms with van der Waals surface area (Å²) in [7, 11) is -9.90. The maximum absolute atomic E-state index is 13.1. The summed E-state index contributed by atoms with van der Waals surface area (Å²) < 4.78 is 68.4. The fourth-order valence-electron chi connectivity index (χ4n) is 11.1. The number of phosphoric ester groups is 2. The molecule has 0 aromatic heterocycles. The van der Waals surface area contributed by atoms with Crippen LogP contribution in [0, 0.1) is 11.8 Å². The summed E-state index contributed by atoms with van der Waals surface area (Å²) in [4.78, 5) is 72.6. The molecule has 2 unspecified atom stereocenters. The number of carbonyl (C=O) groups is 4. The van der Waals surface area contributed by atoms with Crippen molar-refractivity contribution in [3.63, 3.8) is 0 Å². The first-order valence-electron chi connectivity index (χ1n) is 38.0. The van der Waals surface area contributed by atoms with Gasteiger partial charge in [0.25, 0.3) is 0 Å². The molecule has 0 aromatic rings. The topological polar surface area (TPSA) is 237 Å². The molecule has 0 aliphatic carbocycles. The molecule has 0 amide bonds. The number of unbranched alkanes of at least 4 members (excludes halogenated alkanes) is 42. The van der Waals surface area contributed by atoms with Gasteiger partial charge < -0.3 is 33.8 Å². The Labute approximate surface area is 562 Å². The number of phosphoric acid groups is 2. The van der Waals surface area contributed by atoms with Crippen molar-refractivity contribution in [3.8, 4) is 0 Å². The van der Waals surface area contributed by atoms with Gasteiger partial charge in [0.05, 0.1) is 26.4 Å². The SMILES string of the molecule is CCCCCCCCCCCCCCCCCCC(=O)OC[C@H](COP(=O)(O)OC[C@@H](O)COP(=O)(O)OC[C@@H](COC(=O)CCCCCCCCC(C)C)OC(=O)CCCCCCCCCCCCC)OC(=O)CCCCCCCCCCCCCCCC(C)C. The molecule has 3 N–H and O–H groups in total. The second-order valence-corrected chi connectivity index (χ2v) is 30.2. The fraction of sp³-hybridized carbons (Fsp3) is 0.945. The van der Waals surface area contributed by atoms with Crippen molar-refractivity contribution in [1.82, 2.24) is 0 Å². The molecule has 0 fully saturated rings. The van der Waals surface area contributed by atoms with E-state index in [1.807, 2.05) is 0 Å². The zero-order valence-corrected chi connectivity index (χ0v) is 61.6. The summed E-state index contributed by atoms with van der Waals surface area (Å²) in [6.07, 6.45) is 51.4. The van der Waals surface area contributed by atoms with E-state index in [1.54, 1.807) is 0 Å². The highest BCUT2D eigenvalue weighted by atomic mass is 31.2. The normalized spacial score (nSPS) is 14.1. The van der Waals surface area contributed by atoms with Crippen LogP contribution in [-0.4, -0.2) is 96.7 Å². The largest absolute Gasteiger partial charge is 0.472 e. The van der Waals surface area contributed by atoms with Crippen LogP contribution in [0.3, 0.4) is 0 Å². The van der Waals surface area contributed by atoms with E-state index >= 15 is 0 Å². The molecular weight excluding hydrogens is 1210 g/mol. The summed E-state index contributed by atoms with van der Waals surface area (Å²) in [6.45, 7) is 9.51. The van der Waals surface area contributed by atoms with Crippen LogP contribution in [0.2, 0.25) is 0 Å². The van der Waals surface area contributed by atoms with E-state index in [2.05, 4.69) is 41.5 Å². The van der Waals surface area contributed by atoms with E-state index in [9.17, 15) is 43.2 Å². The number of hydrogen-bond donors (Lipinski definition) is 3. The Morgan fingerprint density at radius 1 is 0.293 bits per heavy atom. The number of hydrogen-bond acceptors (Lipinski definition) is 15. The first kappa shape index (κ1) is 90.1. The van der Waals surface area contributed by atoms with Crippen molar-refractivity contribution in [1.29, 1.82) is 0 Å². The lowest BCUT2D eigenvalue weighted by atomic mass is 10.0. The summed E-state index contributed by atoms with van der Waals surface area (Å²) in [5, 5.41) is 10.6. The number of esters is 4. The van der Waals surface area contributed by atoms with Crippen molar-refractivity contribution in [2.24, 2.45) is 11.8 Å². The van der Waals surface area contributed by atoms with Crippen molar-refractivity contribution < 1.29 is 80.2 Å². The molecule has 92 heavy (non-hydrogen) atoms. The molecule has 0 bridgehead atoms. The Morgan fingerprint density at radius 2 is 0.500 bits per heavy atom. The van der Waals surface area contributed by atoms with Crippen LogP contribution in [0.5, 0.6) is 0 Å². The Bertz CT molecular complexity index is 1790. The third-order valence-electron chi connectivity index (χ3n) is 17.0. The third kappa shape index (κ3) is 66.7. The number of carbonyl (C=O) groups excluding carboxylic acids is 4. The molecule has 0 aromatic carbocycles. The van der Waals surface area contributed by atoms with E-state index in [0.717, 1.165) is 102 Å². The van der Waals surface area contributed by atoms with Gasteiger partial charge in [-0.15, -0.1) is 0 Å². The van der Waals surface area contributed by atoms with Gasteiger partial charge in [0.15, 0.2) is 12.2 Å². The van der Waals surface area contributed by atoms with Gasteiger partial charge in [-0.05, 0) is 37.5 Å². The van der Waals surface area contributed by atoms with Gasteiger partial charge >= 0.3 is 39.5 Å². The van der Waals surface area contributed by atoms with E-state index in [-0.39, 0.29) is 25.7 Å². The molecule has 0 saturated heterocycles. The van der Waals surface area contributed by atoms with Crippen LogP contribution in [0.1, 0.15) is 375 Å². The van der Waals surface area contributed by atoms with Crippen LogP contribution < -0.4 is 0 Å². The standard InChI is InChI=1S/C73H142O17P2/c1-7-9-11-13-15-17-19-20-21-22-25-29-32-36-43-49-55-70(75)83-61-68(89-73(78)58-52-46-38-34-30-26-23-24-28-31-35-41-47-53-65(3)4)63-87-91(79,80)85-59-67(74)60-86-92(81,82)88-64-69(62-84-71(76)56-50-44-40-39-42-48-54-66(5)6)90-72(77)57-51-45-37-33-27-18-16-14-12-10-8-2/h65-69,74H,7-64H2,1-6H3,(H,79,80)(H,81,82)/t67-,68-,69-/m1/s1. The summed E-state index contributed by atoms with van der Waals surface area (Å²) in [6, 6.07) is 0. The van der Waals surface area contributed by atoms with E-state index in [4.69, 9.17) is 37.0 Å². The molecule has 0 heterocycles. The minimum absolute atomic E-state index is 0.106. The Morgan fingerprint density at radius 3 is 0.739 bits per heavy atom. The first-order valence-corrected chi connectivity index (χ1v) is 41.0. The van der Waals surface area contributed by atoms with Crippen LogP contribution in [0.15, 0.2) is 0 Å². The zero-order valence-electron chi connectivity index (χ0n) is 59.9. The van der Waals surface area contributed by atoms with E-state index in [1.165, 1.54) is 186 Å². The van der Waals surface area contributed by atoms with Gasteiger partial charge in [0.2, 0.25) is 0 Å². The van der Waals surface area contributed by atoms with Gasteiger partial charge in [-0.25, -0.2) is 9.13 Å². The van der Waals surface area contributed by atoms with Gasteiger partial charge in [-0.2, -0.15) is 0 Å². The van der Waals surface area contributed by atoms with Crippen LogP contribution >= 0.6 is 15.6 Å². The molecule has 0 spiro atoms. The van der Waals surface area contributed by atoms with Crippen LogP contribution in [0.4, 0.5) is 0 Å². The molecule has 546 valence electrons. The van der Waals surface area contributed by atoms with Crippen LogP contribution in [-0.2, 0) is 65.4 Å². The summed E-state index contributed by atoms with van der Waals surface area (Å²) in [5.74, 6) is -0.654. The van der Waals surface area contributed by atoms with Gasteiger partial charge in [-0.1, -0.05) is 324 Å². The highest BCUT2D eigenvalue weighted by Gasteiger charge is 2.30. The molecular formula is C73H142O17P2. The molecule has 0 saturated carbocycles. The number of aliphatic hydroxyl groups is 1. The third-order valence-corrected chi connectivity index (χ3v) is 18.9. The van der Waals surface area contributed by atoms with Crippen molar-refractivity contribution in [2.75, 3.05) is 39.6 Å². The number of aliphatic hydroxyl groups excluding tert-OH is 1. The van der Waals surface area contributed by atoms with E-state index in [0.29, 0.717) is 31.6 Å². The molecule has 0 radical (unpaired) electrons. The maximum atomic E-state index is 13.1. The van der Waals surface area contributed by atoms with Gasteiger partial charge in [0, 0.05) is 25.7 Å². The summed E-state index contributed by atoms with van der Waals surface area (Å²) >= 11 is 0. The first-order chi connectivity index (χ1) is 44.4. The second kappa shape index (κ2) is 65.0. The molecule has 0 aliphatic heterocycles. The Balaban J connectivity index is 5.23. The van der Waals surface area contributed by atoms with Gasteiger partial charge in [-0.3, -0.25) is 37.3 Å². The lowest BCUT2D eigenvalue weighted by molar-refractivity contribution is -0.161. The Hall–Kier alpha value is -1.94. The van der Waals surface area contributed by atoms with Crippen molar-refractivity contribution in [2.45, 2.75) is 394 Å². The predicted molar refractivity (Wildman–Crippen MR) is 372 cm³/mol. The second-order valence-electron chi connectivity index (χ2n) is 27.3. The minimum Gasteiger partial charge on any atom is -0.462 e. The average Bonchev–Trinajstić information content (AvgIpc) is 2.45. The van der Waals surface area contributed by atoms with Crippen LogP contribution in [0.25, 0.3) is 0 Å². The zero-order chi connectivity index (χ0) is 67.9. The highest BCUT2D eigenvalue weighted by molar-refractivity contribution is 7.47. The molecule has 5 atom stereocenters. The van der Waals surface area contributed by atoms with Crippen molar-refractivity contribution in [3.05, 3.63) is 0 Å². The quantitative estimate of drug-likeness (QED) is 0.0222. The molecule has 0 rings (SSSR count). The lowest BCUT2D eigenvalue weighted by Crippen LogP contribution is -2.30. The molecule has 17 nitrogen and oxygen atoms in total. The lowest BCUT2D eigenvalue weighted by Gasteiger charge is -2.21. The van der Waals surface area contributed by atoms with Gasteiger partial charge in [0.1, 0.15) is 19.3 Å². The predicted octanol–water partition coefficient (Wildman–Crippen LogP) is 21.2. The summed E-state index contributed by atoms with van der Waals surface area (Å²) in [5.41, 5.74) is 0. The highest BCUT2D eigenvalue weighted by Crippen LogP contribution is 2.45. The smallest absolute Gasteiger partial charge is 0.462 e. The minimum atomic E-state index is -4.95. The monoisotopic (exact) mass is 1350 g/mol.